The van der Waals surface area contributed by atoms with Crippen LogP contribution in [0.1, 0.15) is 12.8 Å². The van der Waals surface area contributed by atoms with E-state index in [4.69, 9.17) is 28.3 Å². The van der Waals surface area contributed by atoms with Gasteiger partial charge in [0, 0.05) is 22.4 Å². The minimum atomic E-state index is -1.57. The molecule has 0 amide bonds. The van der Waals surface area contributed by atoms with Crippen molar-refractivity contribution in [3.63, 3.8) is 0 Å². The number of hydrogen-bond donors (Lipinski definition) is 1. The van der Waals surface area contributed by atoms with Crippen LogP contribution in [0.4, 0.5) is 0 Å². The monoisotopic (exact) mass is 430 g/mol. The summed E-state index contributed by atoms with van der Waals surface area (Å²) in [5.41, 5.74) is 0. The molecule has 0 spiro atoms. The maximum absolute atomic E-state index is 8.51. The first kappa shape index (κ1) is 29.2. The maximum Gasteiger partial charge on any atom is 0.212 e. The molecule has 0 atom stereocenters. The normalized spacial score (nSPS) is 7.64. The van der Waals surface area contributed by atoms with Crippen LogP contribution < -0.4 is 0 Å². The fourth-order valence-corrected chi connectivity index (χ4v) is 0.480. The van der Waals surface area contributed by atoms with Gasteiger partial charge in [0.05, 0.1) is 0 Å². The van der Waals surface area contributed by atoms with Crippen LogP contribution in [-0.4, -0.2) is 9.63 Å². The van der Waals surface area contributed by atoms with Gasteiger partial charge in [0.2, 0.25) is 4.52 Å². The molecule has 1 N–H and O–H groups in total. The molecule has 0 saturated heterocycles. The topological polar surface area (TPSA) is 20.2 Å². The number of hydrogen-bond acceptors (Lipinski definition) is 1. The molecular formula is C4H10Cl5OTa-. The SMILES string of the molecule is Cl.Cl.Cl.[CH2-]CCC(O)(Cl)Cl.[Ta]. The Morgan fingerprint density at radius 3 is 1.45 bits per heavy atom. The quantitative estimate of drug-likeness (QED) is 0.526. The predicted octanol–water partition coefficient (Wildman–Crippen LogP) is 2.99. The molecule has 0 aromatic rings. The van der Waals surface area contributed by atoms with Gasteiger partial charge in [-0.1, -0.05) is 23.2 Å². The molecule has 0 fully saturated rings. The van der Waals surface area contributed by atoms with Crippen molar-refractivity contribution >= 4 is 60.4 Å². The van der Waals surface area contributed by atoms with E-state index in [0.29, 0.717) is 12.8 Å². The number of alkyl halides is 2. The summed E-state index contributed by atoms with van der Waals surface area (Å²) in [5, 5.41) is 8.51. The predicted molar refractivity (Wildman–Crippen MR) is 53.0 cm³/mol. The second-order valence-electron chi connectivity index (χ2n) is 1.27. The molecule has 0 saturated carbocycles. The van der Waals surface area contributed by atoms with Gasteiger partial charge in [-0.25, -0.2) is 0 Å². The minimum absolute atomic E-state index is 0. The van der Waals surface area contributed by atoms with Crippen molar-refractivity contribution in [3.05, 3.63) is 6.92 Å². The van der Waals surface area contributed by atoms with Crippen molar-refractivity contribution in [2.24, 2.45) is 0 Å². The molecule has 73 valence electrons. The van der Waals surface area contributed by atoms with Gasteiger partial charge in [-0.2, -0.15) is 6.42 Å². The zero-order valence-electron chi connectivity index (χ0n) is 5.50. The van der Waals surface area contributed by atoms with Gasteiger partial charge >= 0.3 is 0 Å². The molecule has 0 unspecified atom stereocenters. The van der Waals surface area contributed by atoms with E-state index in [2.05, 4.69) is 6.92 Å². The van der Waals surface area contributed by atoms with Gasteiger partial charge < -0.3 is 12.0 Å². The molecule has 1 radical (unpaired) electrons. The van der Waals surface area contributed by atoms with Crippen molar-refractivity contribution in [1.82, 2.24) is 0 Å². The molecule has 0 aliphatic rings. The number of rotatable bonds is 2. The van der Waals surface area contributed by atoms with Crippen molar-refractivity contribution in [2.45, 2.75) is 17.4 Å². The fraction of sp³-hybridized carbons (Fsp3) is 0.750. The number of aliphatic hydroxyl groups is 1. The van der Waals surface area contributed by atoms with E-state index in [9.17, 15) is 0 Å². The van der Waals surface area contributed by atoms with Crippen LogP contribution in [0.2, 0.25) is 0 Å². The standard InChI is InChI=1S/C4H7Cl2O.3ClH.Ta/c1-2-3-4(5,6)7;;;;/h7H,1-3H2;3*1H;/q-1;;;;. The first-order valence-electron chi connectivity index (χ1n) is 1.96. The van der Waals surface area contributed by atoms with Crippen LogP contribution in [0.3, 0.4) is 0 Å². The van der Waals surface area contributed by atoms with E-state index in [0.717, 1.165) is 0 Å². The fourth-order valence-electron chi connectivity index (χ4n) is 0.213. The largest absolute Gasteiger partial charge is 0.363 e. The van der Waals surface area contributed by atoms with Crippen LogP contribution in [-0.2, 0) is 22.4 Å². The Labute approximate surface area is 111 Å². The van der Waals surface area contributed by atoms with E-state index in [1.54, 1.807) is 0 Å². The molecule has 11 heavy (non-hydrogen) atoms. The summed E-state index contributed by atoms with van der Waals surface area (Å²) in [6.07, 6.45) is 0.861. The Hall–Kier alpha value is 2.15. The average molecular weight is 432 g/mol. The van der Waals surface area contributed by atoms with Gasteiger partial charge in [-0.15, -0.1) is 37.2 Å². The van der Waals surface area contributed by atoms with Crippen LogP contribution >= 0.6 is 60.4 Å². The van der Waals surface area contributed by atoms with Crippen LogP contribution in [0.5, 0.6) is 0 Å². The molecule has 0 heterocycles. The van der Waals surface area contributed by atoms with E-state index in [1.165, 1.54) is 0 Å². The van der Waals surface area contributed by atoms with Gasteiger partial charge in [0.1, 0.15) is 0 Å². The molecule has 0 aromatic carbocycles. The Kier molecular flexibility index (Phi) is 39.0. The molecule has 0 aliphatic heterocycles. The van der Waals surface area contributed by atoms with E-state index >= 15 is 0 Å². The Balaban J connectivity index is -0.0000000300. The third-order valence-electron chi connectivity index (χ3n) is 0.478. The second kappa shape index (κ2) is 14.7. The van der Waals surface area contributed by atoms with E-state index < -0.39 is 4.52 Å². The molecule has 0 aromatic heterocycles. The Bertz CT molecular complexity index is 56.9. The summed E-state index contributed by atoms with van der Waals surface area (Å²) < 4.78 is -1.57. The summed E-state index contributed by atoms with van der Waals surface area (Å²) in [4.78, 5) is 0. The van der Waals surface area contributed by atoms with E-state index in [-0.39, 0.29) is 59.6 Å². The molecule has 1 nitrogen and oxygen atoms in total. The molecule has 0 bridgehead atoms. The third kappa shape index (κ3) is 33.1. The Morgan fingerprint density at radius 1 is 1.18 bits per heavy atom. The number of halogens is 5. The maximum atomic E-state index is 8.51. The van der Waals surface area contributed by atoms with Crippen LogP contribution in [0.15, 0.2) is 0 Å². The molecular weight excluding hydrogens is 422 g/mol. The van der Waals surface area contributed by atoms with Crippen molar-refractivity contribution in [1.29, 1.82) is 0 Å². The van der Waals surface area contributed by atoms with E-state index in [1.807, 2.05) is 0 Å². The molecule has 0 aliphatic carbocycles. The van der Waals surface area contributed by atoms with Crippen molar-refractivity contribution < 1.29 is 27.5 Å². The molecule has 7 heteroatoms. The first-order valence-corrected chi connectivity index (χ1v) is 2.71. The average Bonchev–Trinajstić information content (AvgIpc) is 1.30. The zero-order chi connectivity index (χ0) is 5.91. The van der Waals surface area contributed by atoms with Crippen molar-refractivity contribution in [3.8, 4) is 0 Å². The Morgan fingerprint density at radius 2 is 1.45 bits per heavy atom. The zero-order valence-corrected chi connectivity index (χ0v) is 12.7. The van der Waals surface area contributed by atoms with Gasteiger partial charge in [0.15, 0.2) is 0 Å². The second-order valence-corrected chi connectivity index (χ2v) is 2.71. The summed E-state index contributed by atoms with van der Waals surface area (Å²) in [6, 6.07) is 0. The van der Waals surface area contributed by atoms with Gasteiger partial charge in [-0.05, 0) is 6.42 Å². The van der Waals surface area contributed by atoms with Crippen LogP contribution in [0, 0.1) is 6.92 Å². The van der Waals surface area contributed by atoms with Crippen molar-refractivity contribution in [2.75, 3.05) is 0 Å². The summed E-state index contributed by atoms with van der Waals surface area (Å²) in [6.45, 7) is 3.44. The van der Waals surface area contributed by atoms with Gasteiger partial charge in [0.25, 0.3) is 0 Å². The molecule has 0 rings (SSSR count). The summed E-state index contributed by atoms with van der Waals surface area (Å²) in [5.74, 6) is 0. The van der Waals surface area contributed by atoms with Gasteiger partial charge in [-0.3, -0.25) is 0 Å². The third-order valence-corrected chi connectivity index (χ3v) is 0.856. The first-order chi connectivity index (χ1) is 3.06. The van der Waals surface area contributed by atoms with Crippen LogP contribution in [0.25, 0.3) is 0 Å². The smallest absolute Gasteiger partial charge is 0.212 e. The minimum Gasteiger partial charge on any atom is -0.363 e. The summed E-state index contributed by atoms with van der Waals surface area (Å²) >= 11 is 10.2. The summed E-state index contributed by atoms with van der Waals surface area (Å²) in [7, 11) is 0.